The normalized spacial score (nSPS) is 29.9. The van der Waals surface area contributed by atoms with Crippen molar-refractivity contribution in [2.24, 2.45) is 11.8 Å². The summed E-state index contributed by atoms with van der Waals surface area (Å²) in [7, 11) is 2.69. The topological polar surface area (TPSA) is 166 Å². The number of hydrogen-bond acceptors (Lipinski definition) is 13. The molecule has 0 spiro atoms. The number of piperidine rings is 3. The van der Waals surface area contributed by atoms with Crippen molar-refractivity contribution >= 4 is 34.6 Å². The summed E-state index contributed by atoms with van der Waals surface area (Å²) in [4.78, 5) is 32.2. The van der Waals surface area contributed by atoms with Crippen molar-refractivity contribution in [3.63, 3.8) is 0 Å². The van der Waals surface area contributed by atoms with E-state index in [-0.39, 0.29) is 23.4 Å². The minimum Gasteiger partial charge on any atom is -0.497 e. The molecule has 14 heteroatoms. The third-order valence-corrected chi connectivity index (χ3v) is 9.91. The van der Waals surface area contributed by atoms with Crippen LogP contribution in [0.4, 0.5) is 4.79 Å². The van der Waals surface area contributed by atoms with E-state index in [0.717, 1.165) is 49.5 Å². The number of carbonyl (C=O) groups is 2. The first kappa shape index (κ1) is 34.9. The number of aliphatic hydroxyl groups is 3. The predicted octanol–water partition coefficient (Wildman–Crippen LogP) is 3.55. The van der Waals surface area contributed by atoms with Crippen LogP contribution in [0.2, 0.25) is 5.02 Å². The molecule has 0 saturated carbocycles. The van der Waals surface area contributed by atoms with Gasteiger partial charge in [0.1, 0.15) is 42.5 Å². The van der Waals surface area contributed by atoms with Gasteiger partial charge in [0, 0.05) is 23.7 Å². The summed E-state index contributed by atoms with van der Waals surface area (Å²) in [6.07, 6.45) is -4.23. The molecule has 4 aliphatic heterocycles. The Labute approximate surface area is 287 Å². The maximum absolute atomic E-state index is 13.3. The van der Waals surface area contributed by atoms with Gasteiger partial charge < -0.3 is 43.7 Å². The van der Waals surface area contributed by atoms with Gasteiger partial charge in [0.15, 0.2) is 6.10 Å². The molecule has 4 fully saturated rings. The first-order chi connectivity index (χ1) is 23.6. The van der Waals surface area contributed by atoms with E-state index in [4.69, 9.17) is 35.3 Å². The number of halogens is 1. The zero-order valence-electron chi connectivity index (χ0n) is 27.0. The number of methoxy groups -OCH3 is 2. The van der Waals surface area contributed by atoms with Crippen LogP contribution in [0.5, 0.6) is 11.5 Å². The lowest BCUT2D eigenvalue weighted by atomic mass is 9.73. The molecule has 0 amide bonds. The number of fused-ring (bicyclic) bond motifs is 4. The van der Waals surface area contributed by atoms with Gasteiger partial charge in [-0.1, -0.05) is 23.7 Å². The Balaban J connectivity index is 1.16. The molecule has 262 valence electrons. The summed E-state index contributed by atoms with van der Waals surface area (Å²) in [6, 6.07) is 11.9. The van der Waals surface area contributed by atoms with Gasteiger partial charge in [0.05, 0.1) is 30.8 Å². The van der Waals surface area contributed by atoms with Crippen molar-refractivity contribution in [2.75, 3.05) is 27.3 Å². The molecule has 7 rings (SSSR count). The minimum absolute atomic E-state index is 0.0449. The average Bonchev–Trinajstić information content (AvgIpc) is 3.13. The number of carbonyl (C=O) groups excluding carboxylic acids is 2. The lowest BCUT2D eigenvalue weighted by Gasteiger charge is -2.51. The van der Waals surface area contributed by atoms with Crippen molar-refractivity contribution in [2.45, 2.75) is 62.3 Å². The smallest absolute Gasteiger partial charge is 0.497 e. The van der Waals surface area contributed by atoms with E-state index < -0.39 is 48.9 Å². The molecule has 49 heavy (non-hydrogen) atoms. The van der Waals surface area contributed by atoms with Crippen LogP contribution in [0, 0.1) is 11.8 Å². The highest BCUT2D eigenvalue weighted by molar-refractivity contribution is 6.32. The zero-order valence-corrected chi connectivity index (χ0v) is 27.8. The number of pyridine rings is 1. The van der Waals surface area contributed by atoms with Gasteiger partial charge in [0.25, 0.3) is 0 Å². The van der Waals surface area contributed by atoms with Crippen LogP contribution in [0.25, 0.3) is 10.9 Å². The Hall–Kier alpha value is -3.98. The second-order valence-electron chi connectivity index (χ2n) is 12.4. The van der Waals surface area contributed by atoms with Crippen molar-refractivity contribution < 1.29 is 53.3 Å². The number of aromatic nitrogens is 1. The van der Waals surface area contributed by atoms with E-state index in [1.165, 1.54) is 12.1 Å². The Kier molecular flexibility index (Phi) is 10.6. The molecule has 2 aromatic carbocycles. The molecule has 13 nitrogen and oxygen atoms in total. The van der Waals surface area contributed by atoms with E-state index in [1.54, 1.807) is 19.4 Å². The van der Waals surface area contributed by atoms with Crippen molar-refractivity contribution in [3.8, 4) is 11.5 Å². The molecule has 0 radical (unpaired) electrons. The number of hydrogen-bond donors (Lipinski definition) is 3. The third kappa shape index (κ3) is 7.18. The highest BCUT2D eigenvalue weighted by atomic mass is 35.5. The number of ether oxygens (including phenoxy) is 6. The monoisotopic (exact) mass is 698 g/mol. The van der Waals surface area contributed by atoms with Crippen LogP contribution < -0.4 is 9.47 Å². The number of rotatable bonds is 10. The van der Waals surface area contributed by atoms with Gasteiger partial charge in [-0.3, -0.25) is 9.88 Å². The zero-order chi connectivity index (χ0) is 34.8. The SMILES string of the molecule is C=CC1CN2CCC1CC2C(OC(=O)OCc1ccc(OC2OC(C(=O)OC)C(O)C(O)C2O)c(Cl)c1)c1ccnc2ccc(OC)cc12. The van der Waals surface area contributed by atoms with Gasteiger partial charge >= 0.3 is 12.1 Å². The summed E-state index contributed by atoms with van der Waals surface area (Å²) < 4.78 is 32.8. The number of benzene rings is 2. The van der Waals surface area contributed by atoms with Gasteiger partial charge in [-0.25, -0.2) is 9.59 Å². The molecule has 3 N–H and O–H groups in total. The molecule has 0 aliphatic carbocycles. The lowest BCUT2D eigenvalue weighted by Crippen LogP contribution is -2.61. The summed E-state index contributed by atoms with van der Waals surface area (Å²) >= 11 is 6.44. The van der Waals surface area contributed by atoms with Gasteiger partial charge in [-0.15, -0.1) is 6.58 Å². The number of nitrogens with zero attached hydrogens (tertiary/aromatic N) is 2. The highest BCUT2D eigenvalue weighted by Gasteiger charge is 2.49. The summed E-state index contributed by atoms with van der Waals surface area (Å²) in [5.74, 6) is 0.558. The number of aliphatic hydroxyl groups excluding tert-OH is 3. The quantitative estimate of drug-likeness (QED) is 0.208. The Morgan fingerprint density at radius 3 is 2.63 bits per heavy atom. The van der Waals surface area contributed by atoms with E-state index in [0.29, 0.717) is 23.1 Å². The highest BCUT2D eigenvalue weighted by Crippen LogP contribution is 2.44. The van der Waals surface area contributed by atoms with Crippen molar-refractivity contribution in [1.29, 1.82) is 0 Å². The van der Waals surface area contributed by atoms with Gasteiger partial charge in [0.2, 0.25) is 6.29 Å². The first-order valence-electron chi connectivity index (χ1n) is 16.0. The van der Waals surface area contributed by atoms with E-state index in [9.17, 15) is 24.9 Å². The van der Waals surface area contributed by atoms with Gasteiger partial charge in [-0.2, -0.15) is 0 Å². The minimum atomic E-state index is -1.75. The number of esters is 1. The standard InChI is InChI=1S/C35H39ClN2O11/c1-4-19-16-38-12-10-20(19)14-26(38)31(22-9-11-37-25-7-6-21(44-2)15-23(22)25)49-35(43)46-17-18-5-8-27(24(36)13-18)47-34-30(41)28(39)29(40)32(48-34)33(42)45-3/h4-9,11,13,15,19-20,26,28-32,34,39-41H,1,10,12,14,16-17H2,2-3H3. The first-order valence-corrected chi connectivity index (χ1v) is 16.3. The summed E-state index contributed by atoms with van der Waals surface area (Å²) in [5.41, 5.74) is 2.05. The van der Waals surface area contributed by atoms with Gasteiger partial charge in [-0.05, 0) is 73.2 Å². The molecule has 10 atom stereocenters. The molecule has 4 saturated heterocycles. The van der Waals surface area contributed by atoms with E-state index >= 15 is 0 Å². The second kappa shape index (κ2) is 14.9. The Morgan fingerprint density at radius 1 is 1.12 bits per heavy atom. The molecule has 10 unspecified atom stereocenters. The maximum Gasteiger partial charge on any atom is 0.509 e. The van der Waals surface area contributed by atoms with Crippen LogP contribution in [-0.2, 0) is 30.3 Å². The van der Waals surface area contributed by atoms with Crippen LogP contribution in [0.15, 0.2) is 61.3 Å². The van der Waals surface area contributed by atoms with Crippen molar-refractivity contribution in [3.05, 3.63) is 77.5 Å². The summed E-state index contributed by atoms with van der Waals surface area (Å²) in [6.45, 7) is 5.57. The Bertz CT molecular complexity index is 1690. The predicted molar refractivity (Wildman–Crippen MR) is 175 cm³/mol. The molecule has 4 aliphatic rings. The molecule has 2 bridgehead atoms. The molecule has 3 aromatic rings. The molecule has 1 aromatic heterocycles. The maximum atomic E-state index is 13.3. The van der Waals surface area contributed by atoms with Crippen LogP contribution in [0.1, 0.15) is 30.1 Å². The van der Waals surface area contributed by atoms with E-state index in [1.807, 2.05) is 30.3 Å². The third-order valence-electron chi connectivity index (χ3n) is 9.61. The lowest BCUT2D eigenvalue weighted by molar-refractivity contribution is -0.271. The summed E-state index contributed by atoms with van der Waals surface area (Å²) in [5, 5.41) is 31.6. The van der Waals surface area contributed by atoms with Crippen LogP contribution in [-0.4, -0.2) is 101 Å². The molecule has 5 heterocycles. The average molecular weight is 699 g/mol. The largest absolute Gasteiger partial charge is 0.509 e. The van der Waals surface area contributed by atoms with E-state index in [2.05, 4.69) is 21.2 Å². The van der Waals surface area contributed by atoms with Crippen LogP contribution >= 0.6 is 11.6 Å². The van der Waals surface area contributed by atoms with Crippen molar-refractivity contribution in [1.82, 2.24) is 9.88 Å². The second-order valence-corrected chi connectivity index (χ2v) is 12.8. The fraction of sp³-hybridized carbons (Fsp3) is 0.457. The van der Waals surface area contributed by atoms with Crippen LogP contribution in [0.3, 0.4) is 0 Å². The molecular weight excluding hydrogens is 660 g/mol. The Morgan fingerprint density at radius 2 is 1.94 bits per heavy atom. The fourth-order valence-corrected chi connectivity index (χ4v) is 7.20. The molecular formula is C35H39ClN2O11. The fourth-order valence-electron chi connectivity index (χ4n) is 6.95.